The van der Waals surface area contributed by atoms with Gasteiger partial charge in [0.15, 0.2) is 6.61 Å². The maximum absolute atomic E-state index is 11.8. The SMILES string of the molecule is CCCCC(CC)CO[N+](=O)CC(CC)CCCC. The smallest absolute Gasteiger partial charge is 0.232 e. The van der Waals surface area contributed by atoms with Crippen LogP contribution in [0.15, 0.2) is 0 Å². The molecule has 19 heavy (non-hydrogen) atoms. The van der Waals surface area contributed by atoms with Crippen LogP contribution in [-0.2, 0) is 4.84 Å². The number of hydrogen-bond donors (Lipinski definition) is 0. The number of rotatable bonds is 13. The van der Waals surface area contributed by atoms with E-state index in [2.05, 4.69) is 27.7 Å². The molecule has 0 aromatic carbocycles. The van der Waals surface area contributed by atoms with E-state index in [1.807, 2.05) is 0 Å². The zero-order chi connectivity index (χ0) is 14.5. The highest BCUT2D eigenvalue weighted by Crippen LogP contribution is 2.15. The Labute approximate surface area is 119 Å². The van der Waals surface area contributed by atoms with Crippen LogP contribution in [0.2, 0.25) is 0 Å². The van der Waals surface area contributed by atoms with Crippen LogP contribution in [0.5, 0.6) is 0 Å². The summed E-state index contributed by atoms with van der Waals surface area (Å²) in [5.41, 5.74) is 0. The van der Waals surface area contributed by atoms with Gasteiger partial charge >= 0.3 is 0 Å². The minimum Gasteiger partial charge on any atom is -0.232 e. The van der Waals surface area contributed by atoms with Gasteiger partial charge in [0.25, 0.3) is 6.54 Å². The molecule has 3 heteroatoms. The van der Waals surface area contributed by atoms with Crippen molar-refractivity contribution in [3.63, 3.8) is 0 Å². The van der Waals surface area contributed by atoms with Crippen molar-refractivity contribution in [3.8, 4) is 0 Å². The zero-order valence-electron chi connectivity index (χ0n) is 13.5. The summed E-state index contributed by atoms with van der Waals surface area (Å²) in [7, 11) is 0. The maximum atomic E-state index is 11.8. The average molecular weight is 272 g/mol. The van der Waals surface area contributed by atoms with Gasteiger partial charge in [-0.2, -0.15) is 0 Å². The molecule has 0 aliphatic heterocycles. The standard InChI is InChI=1S/C16H34NO2/c1-5-9-11-15(7-3)13-17(18)19-14-16(8-4)12-10-6-2/h15-16H,5-14H2,1-4H3/q+1. The maximum Gasteiger partial charge on any atom is 0.251 e. The van der Waals surface area contributed by atoms with Crippen LogP contribution in [0.25, 0.3) is 0 Å². The van der Waals surface area contributed by atoms with Gasteiger partial charge in [-0.25, -0.2) is 4.84 Å². The van der Waals surface area contributed by atoms with Gasteiger partial charge in [-0.15, -0.1) is 0 Å². The van der Waals surface area contributed by atoms with Crippen LogP contribution in [0.1, 0.15) is 79.1 Å². The van der Waals surface area contributed by atoms with Crippen LogP contribution in [0, 0.1) is 16.7 Å². The summed E-state index contributed by atoms with van der Waals surface area (Å²) >= 11 is 0. The molecule has 0 saturated heterocycles. The predicted molar refractivity (Wildman–Crippen MR) is 81.1 cm³/mol. The number of hydrogen-bond acceptors (Lipinski definition) is 2. The molecule has 0 amide bonds. The summed E-state index contributed by atoms with van der Waals surface area (Å²) < 4.78 is 0. The van der Waals surface area contributed by atoms with Gasteiger partial charge in [-0.1, -0.05) is 53.4 Å². The largest absolute Gasteiger partial charge is 0.251 e. The zero-order valence-corrected chi connectivity index (χ0v) is 13.5. The Morgan fingerprint density at radius 1 is 0.895 bits per heavy atom. The fourth-order valence-electron chi connectivity index (χ4n) is 2.27. The molecule has 0 rings (SSSR count). The summed E-state index contributed by atoms with van der Waals surface area (Å²) in [6.07, 6.45) is 9.33. The Balaban J connectivity index is 3.87. The molecule has 2 atom stereocenters. The Morgan fingerprint density at radius 3 is 1.89 bits per heavy atom. The van der Waals surface area contributed by atoms with Crippen LogP contribution in [0.3, 0.4) is 0 Å². The van der Waals surface area contributed by atoms with Gasteiger partial charge < -0.3 is 0 Å². The first-order chi connectivity index (χ1) is 9.17. The van der Waals surface area contributed by atoms with Crippen molar-refractivity contribution in [2.75, 3.05) is 13.2 Å². The molecule has 0 fully saturated rings. The van der Waals surface area contributed by atoms with Gasteiger partial charge in [-0.3, -0.25) is 0 Å². The summed E-state index contributed by atoms with van der Waals surface area (Å²) in [6.45, 7) is 9.84. The minimum atomic E-state index is 0.480. The molecule has 0 bridgehead atoms. The lowest BCUT2D eigenvalue weighted by atomic mass is 10.00. The van der Waals surface area contributed by atoms with Crippen molar-refractivity contribution in [3.05, 3.63) is 4.91 Å². The number of unbranched alkanes of at least 4 members (excludes halogenated alkanes) is 2. The molecule has 2 unspecified atom stereocenters. The molecular weight excluding hydrogens is 238 g/mol. The highest BCUT2D eigenvalue weighted by atomic mass is 16.8. The second-order valence-corrected chi connectivity index (χ2v) is 5.64. The van der Waals surface area contributed by atoms with Gasteiger partial charge in [0, 0.05) is 5.92 Å². The van der Waals surface area contributed by atoms with E-state index in [-0.39, 0.29) is 0 Å². The van der Waals surface area contributed by atoms with E-state index in [0.717, 1.165) is 24.2 Å². The molecule has 0 radical (unpaired) electrons. The molecule has 0 aliphatic rings. The summed E-state index contributed by atoms with van der Waals surface area (Å²) in [5, 5.41) is 0. The first-order valence-electron chi connectivity index (χ1n) is 8.25. The quantitative estimate of drug-likeness (QED) is 0.435. The second kappa shape index (κ2) is 12.4. The third-order valence-electron chi connectivity index (χ3n) is 3.95. The van der Waals surface area contributed by atoms with Crippen molar-refractivity contribution in [1.29, 1.82) is 0 Å². The molecule has 0 aromatic rings. The van der Waals surface area contributed by atoms with E-state index in [4.69, 9.17) is 4.84 Å². The highest BCUT2D eigenvalue weighted by molar-refractivity contribution is 4.55. The third kappa shape index (κ3) is 9.92. The van der Waals surface area contributed by atoms with Crippen molar-refractivity contribution < 1.29 is 9.76 Å². The Hall–Kier alpha value is -0.600. The molecule has 0 aromatic heterocycles. The first-order valence-corrected chi connectivity index (χ1v) is 8.25. The van der Waals surface area contributed by atoms with E-state index >= 15 is 0 Å². The molecule has 0 heterocycles. The Morgan fingerprint density at radius 2 is 1.42 bits per heavy atom. The summed E-state index contributed by atoms with van der Waals surface area (Å²) in [6, 6.07) is 0. The highest BCUT2D eigenvalue weighted by Gasteiger charge is 2.20. The average Bonchev–Trinajstić information content (AvgIpc) is 2.43. The van der Waals surface area contributed by atoms with Crippen molar-refractivity contribution in [2.24, 2.45) is 11.8 Å². The van der Waals surface area contributed by atoms with Crippen molar-refractivity contribution >= 4 is 0 Å². The Kier molecular flexibility index (Phi) is 12.0. The fraction of sp³-hybridized carbons (Fsp3) is 1.00. The van der Waals surface area contributed by atoms with E-state index in [1.165, 1.54) is 32.1 Å². The third-order valence-corrected chi connectivity index (χ3v) is 3.95. The first kappa shape index (κ1) is 18.4. The van der Waals surface area contributed by atoms with Gasteiger partial charge in [0.2, 0.25) is 4.92 Å². The normalized spacial score (nSPS) is 14.1. The molecular formula is C16H34NO2+. The summed E-state index contributed by atoms with van der Waals surface area (Å²) in [4.78, 5) is 18.0. The summed E-state index contributed by atoms with van der Waals surface area (Å²) in [5.74, 6) is 1.01. The van der Waals surface area contributed by atoms with E-state index in [9.17, 15) is 4.91 Å². The molecule has 0 spiro atoms. The molecule has 3 nitrogen and oxygen atoms in total. The topological polar surface area (TPSA) is 29.3 Å². The number of nitrogens with zero attached hydrogens (tertiary/aromatic N) is 1. The van der Waals surface area contributed by atoms with Crippen LogP contribution in [0.4, 0.5) is 0 Å². The van der Waals surface area contributed by atoms with Crippen LogP contribution >= 0.6 is 0 Å². The van der Waals surface area contributed by atoms with Gasteiger partial charge in [0.1, 0.15) is 0 Å². The lowest BCUT2D eigenvalue weighted by Crippen LogP contribution is -2.22. The minimum absolute atomic E-state index is 0.480. The van der Waals surface area contributed by atoms with E-state index in [0.29, 0.717) is 25.0 Å². The predicted octanol–water partition coefficient (Wildman–Crippen LogP) is 5.13. The van der Waals surface area contributed by atoms with Crippen LogP contribution < -0.4 is 0 Å². The van der Waals surface area contributed by atoms with Crippen molar-refractivity contribution in [2.45, 2.75) is 79.1 Å². The van der Waals surface area contributed by atoms with Gasteiger partial charge in [-0.05, 0) is 31.6 Å². The monoisotopic (exact) mass is 272 g/mol. The van der Waals surface area contributed by atoms with Crippen LogP contribution in [-0.4, -0.2) is 18.1 Å². The van der Waals surface area contributed by atoms with Gasteiger partial charge in [0.05, 0.1) is 4.91 Å². The van der Waals surface area contributed by atoms with E-state index < -0.39 is 0 Å². The molecule has 0 saturated carbocycles. The lowest BCUT2D eigenvalue weighted by molar-refractivity contribution is -0.808. The molecule has 0 aliphatic carbocycles. The Bertz CT molecular complexity index is 219. The van der Waals surface area contributed by atoms with E-state index in [1.54, 1.807) is 0 Å². The second-order valence-electron chi connectivity index (χ2n) is 5.64. The lowest BCUT2D eigenvalue weighted by Gasteiger charge is -2.12. The fourth-order valence-corrected chi connectivity index (χ4v) is 2.27. The molecule has 0 N–H and O–H groups in total. The van der Waals surface area contributed by atoms with Crippen molar-refractivity contribution in [1.82, 2.24) is 0 Å². The molecule has 114 valence electrons.